The summed E-state index contributed by atoms with van der Waals surface area (Å²) in [6.07, 6.45) is 8.08. The second-order valence-electron chi connectivity index (χ2n) is 19.5. The van der Waals surface area contributed by atoms with Crippen molar-refractivity contribution >= 4 is 48.5 Å². The lowest BCUT2D eigenvalue weighted by Gasteiger charge is -2.34. The van der Waals surface area contributed by atoms with E-state index in [0.717, 1.165) is 17.8 Å². The molecule has 0 fully saturated rings. The van der Waals surface area contributed by atoms with Crippen LogP contribution in [0.1, 0.15) is 50.9 Å². The molecule has 1 aromatic heterocycles. The lowest BCUT2D eigenvalue weighted by Crippen LogP contribution is -2.28. The second-order valence-corrected chi connectivity index (χ2v) is 20.6. The van der Waals surface area contributed by atoms with Crippen molar-refractivity contribution in [3.8, 4) is 33.4 Å². The molecule has 1 heterocycles. The van der Waals surface area contributed by atoms with Gasteiger partial charge in [-0.2, -0.15) is 0 Å². The summed E-state index contributed by atoms with van der Waals surface area (Å²) in [5.74, 6) is 0. The first-order valence-electron chi connectivity index (χ1n) is 24.8. The molecule has 11 aromatic rings. The quantitative estimate of drug-likeness (QED) is 0.161. The average molecular weight is 920 g/mol. The van der Waals surface area contributed by atoms with E-state index in [2.05, 4.69) is 266 Å². The van der Waals surface area contributed by atoms with Gasteiger partial charge in [-0.1, -0.05) is 212 Å². The highest BCUT2D eigenvalue weighted by atomic mass is 32.1. The summed E-state index contributed by atoms with van der Waals surface area (Å²) in [6, 6.07) is 90.8. The maximum atomic E-state index is 2.49. The number of hydrogen-bond acceptors (Lipinski definition) is 2. The Kier molecular flexibility index (Phi) is 8.79. The van der Waals surface area contributed by atoms with Gasteiger partial charge in [0.25, 0.3) is 0 Å². The van der Waals surface area contributed by atoms with Crippen molar-refractivity contribution in [2.75, 3.05) is 4.90 Å². The van der Waals surface area contributed by atoms with Gasteiger partial charge in [0.05, 0.1) is 10.8 Å². The Balaban J connectivity index is 0.909. The summed E-state index contributed by atoms with van der Waals surface area (Å²) in [6.45, 7) is 0. The van der Waals surface area contributed by atoms with Crippen LogP contribution in [0.3, 0.4) is 0 Å². The number of hydrogen-bond donors (Lipinski definition) is 0. The van der Waals surface area contributed by atoms with E-state index in [1.165, 1.54) is 115 Å². The molecule has 0 bridgehead atoms. The summed E-state index contributed by atoms with van der Waals surface area (Å²) >= 11 is 1.87. The third kappa shape index (κ3) is 5.68. The molecule has 0 atom stereocenters. The molecule has 10 aromatic carbocycles. The van der Waals surface area contributed by atoms with Crippen LogP contribution in [0.15, 0.2) is 272 Å². The standard InChI is InChI=1S/C69H45NS/c1-3-17-48(18-4-1)68(49-19-5-2-6-20-49)60-26-12-7-23-54(60)56-38-37-51(43-65(56)68)70(50-35-32-46(33-36-50)47-34-40-67-59(42-47)57-25-11-16-30-66(57)71-67)44-45-31-39-64-58(41-45)55-24-10-15-29-63(55)69(64)61-27-13-8-21-52(61)53-22-9-14-28-62(53)69/h1-40,42-44H,41H2/b45-44+. The van der Waals surface area contributed by atoms with Gasteiger partial charge >= 0.3 is 0 Å². The second kappa shape index (κ2) is 15.5. The molecule has 0 saturated carbocycles. The molecule has 71 heavy (non-hydrogen) atoms. The van der Waals surface area contributed by atoms with Crippen LogP contribution in [0.4, 0.5) is 11.4 Å². The molecule has 15 rings (SSSR count). The number of fused-ring (bicyclic) bond motifs is 15. The van der Waals surface area contributed by atoms with Crippen molar-refractivity contribution in [2.24, 2.45) is 0 Å². The summed E-state index contributed by atoms with van der Waals surface area (Å²) in [4.78, 5) is 2.45. The fourth-order valence-corrected chi connectivity index (χ4v) is 14.2. The monoisotopic (exact) mass is 919 g/mol. The van der Waals surface area contributed by atoms with Gasteiger partial charge in [0, 0.05) is 37.7 Å². The topological polar surface area (TPSA) is 3.24 Å². The summed E-state index contributed by atoms with van der Waals surface area (Å²) in [5.41, 5.74) is 23.7. The zero-order valence-corrected chi connectivity index (χ0v) is 39.7. The molecule has 4 aliphatic rings. The van der Waals surface area contributed by atoms with Gasteiger partial charge < -0.3 is 4.90 Å². The molecular formula is C69H45NS. The largest absolute Gasteiger partial charge is 0.317 e. The molecule has 0 aliphatic heterocycles. The molecule has 0 N–H and O–H groups in total. The lowest BCUT2D eigenvalue weighted by molar-refractivity contribution is 0.768. The third-order valence-electron chi connectivity index (χ3n) is 16.1. The van der Waals surface area contributed by atoms with Gasteiger partial charge in [-0.15, -0.1) is 11.3 Å². The van der Waals surface area contributed by atoms with E-state index in [9.17, 15) is 0 Å². The zero-order chi connectivity index (χ0) is 46.7. The third-order valence-corrected chi connectivity index (χ3v) is 17.2. The fraction of sp³-hybridized carbons (Fsp3) is 0.0435. The molecule has 4 aliphatic carbocycles. The normalized spacial score (nSPS) is 15.7. The van der Waals surface area contributed by atoms with Crippen molar-refractivity contribution in [3.63, 3.8) is 0 Å². The highest BCUT2D eigenvalue weighted by molar-refractivity contribution is 7.25. The maximum absolute atomic E-state index is 2.49. The molecule has 0 unspecified atom stereocenters. The van der Waals surface area contributed by atoms with Crippen LogP contribution in [0.5, 0.6) is 0 Å². The highest BCUT2D eigenvalue weighted by Crippen LogP contribution is 2.64. The number of thiophene rings is 1. The van der Waals surface area contributed by atoms with E-state index in [1.807, 2.05) is 11.3 Å². The van der Waals surface area contributed by atoms with Crippen LogP contribution < -0.4 is 4.90 Å². The molecule has 0 saturated heterocycles. The molecule has 332 valence electrons. The lowest BCUT2D eigenvalue weighted by atomic mass is 9.67. The van der Waals surface area contributed by atoms with Gasteiger partial charge in [-0.05, 0) is 143 Å². The fourth-order valence-electron chi connectivity index (χ4n) is 13.1. The van der Waals surface area contributed by atoms with Crippen LogP contribution in [0.25, 0.3) is 59.1 Å². The first-order chi connectivity index (χ1) is 35.2. The van der Waals surface area contributed by atoms with Gasteiger partial charge in [-0.3, -0.25) is 0 Å². The van der Waals surface area contributed by atoms with E-state index >= 15 is 0 Å². The van der Waals surface area contributed by atoms with Crippen molar-refractivity contribution in [3.05, 3.63) is 317 Å². The first-order valence-corrected chi connectivity index (χ1v) is 25.6. The number of rotatable bonds is 6. The number of nitrogens with zero attached hydrogens (tertiary/aromatic N) is 1. The van der Waals surface area contributed by atoms with E-state index in [1.54, 1.807) is 0 Å². The average Bonchev–Trinajstić information content (AvgIpc) is 4.15. The maximum Gasteiger partial charge on any atom is 0.0722 e. The minimum absolute atomic E-state index is 0.359. The van der Waals surface area contributed by atoms with Crippen molar-refractivity contribution in [2.45, 2.75) is 17.3 Å². The van der Waals surface area contributed by atoms with Gasteiger partial charge in [0.15, 0.2) is 0 Å². The van der Waals surface area contributed by atoms with Crippen LogP contribution in [0.2, 0.25) is 0 Å². The Labute approximate surface area is 418 Å². The first kappa shape index (κ1) is 40.3. The predicted molar refractivity (Wildman–Crippen MR) is 298 cm³/mol. The molecule has 1 nitrogen and oxygen atoms in total. The summed E-state index contributed by atoms with van der Waals surface area (Å²) in [5, 5.41) is 2.64. The van der Waals surface area contributed by atoms with Crippen molar-refractivity contribution < 1.29 is 0 Å². The Morgan fingerprint density at radius 2 is 0.873 bits per heavy atom. The van der Waals surface area contributed by atoms with Gasteiger partial charge in [0.2, 0.25) is 0 Å². The van der Waals surface area contributed by atoms with Crippen LogP contribution in [-0.4, -0.2) is 0 Å². The number of benzene rings is 10. The Hall–Kier alpha value is -8.56. The minimum Gasteiger partial charge on any atom is -0.317 e. The van der Waals surface area contributed by atoms with Crippen LogP contribution in [0, 0.1) is 0 Å². The van der Waals surface area contributed by atoms with E-state index in [-0.39, 0.29) is 5.41 Å². The van der Waals surface area contributed by atoms with Crippen molar-refractivity contribution in [1.82, 2.24) is 0 Å². The van der Waals surface area contributed by atoms with Gasteiger partial charge in [-0.25, -0.2) is 0 Å². The highest BCUT2D eigenvalue weighted by Gasteiger charge is 2.52. The Bertz CT molecular complexity index is 3990. The van der Waals surface area contributed by atoms with Crippen LogP contribution in [-0.2, 0) is 10.8 Å². The summed E-state index contributed by atoms with van der Waals surface area (Å²) in [7, 11) is 0. The summed E-state index contributed by atoms with van der Waals surface area (Å²) < 4.78 is 2.65. The molecule has 2 heteroatoms. The van der Waals surface area contributed by atoms with E-state index in [0.29, 0.717) is 0 Å². The van der Waals surface area contributed by atoms with Crippen molar-refractivity contribution in [1.29, 1.82) is 0 Å². The Morgan fingerprint density at radius 1 is 0.366 bits per heavy atom. The number of anilines is 2. The smallest absolute Gasteiger partial charge is 0.0722 e. The molecule has 1 spiro atoms. The van der Waals surface area contributed by atoms with E-state index < -0.39 is 5.41 Å². The van der Waals surface area contributed by atoms with E-state index in [4.69, 9.17) is 0 Å². The number of allylic oxidation sites excluding steroid dienone is 5. The molecular weight excluding hydrogens is 875 g/mol. The molecule has 0 amide bonds. The zero-order valence-electron chi connectivity index (χ0n) is 38.9. The minimum atomic E-state index is -0.516. The SMILES string of the molecule is C1=C/C(=C\N(c2ccc(-c3ccc4sc5ccccc5c4c3)cc2)c2ccc3c(c2)C(c2ccccc2)(c2ccccc2)c2ccccc2-3)CC2=C1C1(c3ccccc32)c2ccccc2-c2ccccc21. The van der Waals surface area contributed by atoms with Crippen LogP contribution >= 0.6 is 11.3 Å². The Morgan fingerprint density at radius 3 is 1.54 bits per heavy atom. The molecule has 0 radical (unpaired) electrons. The predicted octanol–water partition coefficient (Wildman–Crippen LogP) is 17.8. The van der Waals surface area contributed by atoms with Gasteiger partial charge in [0.1, 0.15) is 0 Å².